The Morgan fingerprint density at radius 3 is 2.85 bits per heavy atom. The van der Waals surface area contributed by atoms with Crippen LogP contribution in [0.5, 0.6) is 0 Å². The van der Waals surface area contributed by atoms with Crippen molar-refractivity contribution in [2.45, 2.75) is 25.9 Å². The summed E-state index contributed by atoms with van der Waals surface area (Å²) in [6.07, 6.45) is 0.544. The molecule has 0 aliphatic heterocycles. The second kappa shape index (κ2) is 7.39. The van der Waals surface area contributed by atoms with Gasteiger partial charge in [0, 0.05) is 12.6 Å². The van der Waals surface area contributed by atoms with E-state index < -0.39 is 17.0 Å². The topological polar surface area (TPSA) is 115 Å². The van der Waals surface area contributed by atoms with Crippen LogP contribution in [-0.4, -0.2) is 40.7 Å². The molecule has 0 spiro atoms. The Kier molecular flexibility index (Phi) is 5.85. The molecule has 20 heavy (non-hydrogen) atoms. The second-order valence-electron chi connectivity index (χ2n) is 4.09. The van der Waals surface area contributed by atoms with Crippen molar-refractivity contribution in [3.05, 3.63) is 27.9 Å². The van der Waals surface area contributed by atoms with Crippen molar-refractivity contribution in [2.24, 2.45) is 0 Å². The van der Waals surface area contributed by atoms with Crippen LogP contribution in [0.4, 0.5) is 11.5 Å². The van der Waals surface area contributed by atoms with Gasteiger partial charge in [0.25, 0.3) is 0 Å². The number of nitrogens with one attached hydrogen (secondary N) is 1. The number of aliphatic hydroxyl groups is 1. The van der Waals surface area contributed by atoms with Gasteiger partial charge in [0.15, 0.2) is 5.69 Å². The van der Waals surface area contributed by atoms with Crippen LogP contribution in [0.1, 0.15) is 30.3 Å². The summed E-state index contributed by atoms with van der Waals surface area (Å²) in [6, 6.07) is 2.42. The van der Waals surface area contributed by atoms with E-state index in [-0.39, 0.29) is 17.2 Å². The Labute approximate surface area is 115 Å². The Morgan fingerprint density at radius 2 is 2.30 bits per heavy atom. The van der Waals surface area contributed by atoms with Crippen LogP contribution in [0.3, 0.4) is 0 Å². The number of aliphatic hydroxyl groups excluding tert-OH is 1. The van der Waals surface area contributed by atoms with Gasteiger partial charge in [-0.1, -0.05) is 6.92 Å². The SMILES string of the molecule is CCC(O)CCNc1nc(C(=O)OC)ccc1[N+](=O)[O-]. The van der Waals surface area contributed by atoms with Gasteiger partial charge in [-0.2, -0.15) is 0 Å². The van der Waals surface area contributed by atoms with E-state index in [1.807, 2.05) is 6.92 Å². The molecule has 0 amide bonds. The number of hydrogen-bond acceptors (Lipinski definition) is 7. The first-order chi connectivity index (χ1) is 9.49. The molecule has 0 aliphatic carbocycles. The summed E-state index contributed by atoms with van der Waals surface area (Å²) >= 11 is 0. The molecule has 0 saturated heterocycles. The first-order valence-electron chi connectivity index (χ1n) is 6.15. The number of carbonyl (C=O) groups is 1. The Bertz CT molecular complexity index is 492. The number of anilines is 1. The van der Waals surface area contributed by atoms with Crippen LogP contribution in [-0.2, 0) is 4.74 Å². The Hall–Kier alpha value is -2.22. The van der Waals surface area contributed by atoms with Crippen molar-refractivity contribution in [1.82, 2.24) is 4.98 Å². The number of esters is 1. The lowest BCUT2D eigenvalue weighted by Gasteiger charge is -2.10. The van der Waals surface area contributed by atoms with Crippen molar-refractivity contribution in [2.75, 3.05) is 19.0 Å². The molecule has 0 aromatic carbocycles. The molecule has 1 rings (SSSR count). The minimum Gasteiger partial charge on any atom is -0.464 e. The Morgan fingerprint density at radius 1 is 1.60 bits per heavy atom. The van der Waals surface area contributed by atoms with E-state index in [9.17, 15) is 20.0 Å². The largest absolute Gasteiger partial charge is 0.464 e. The number of rotatable bonds is 7. The maximum atomic E-state index is 11.4. The number of nitrogens with zero attached hydrogens (tertiary/aromatic N) is 2. The molecule has 8 heteroatoms. The summed E-state index contributed by atoms with van der Waals surface area (Å²) in [5.74, 6) is -0.683. The summed E-state index contributed by atoms with van der Waals surface area (Å²) in [6.45, 7) is 2.15. The highest BCUT2D eigenvalue weighted by molar-refractivity contribution is 5.88. The smallest absolute Gasteiger partial charge is 0.356 e. The van der Waals surface area contributed by atoms with E-state index in [4.69, 9.17) is 0 Å². The van der Waals surface area contributed by atoms with Gasteiger partial charge in [0.2, 0.25) is 5.82 Å². The molecule has 110 valence electrons. The number of aromatic nitrogens is 1. The average molecular weight is 283 g/mol. The molecule has 0 bridgehead atoms. The zero-order valence-electron chi connectivity index (χ0n) is 11.3. The summed E-state index contributed by atoms with van der Waals surface area (Å²) in [5.41, 5.74) is -0.250. The predicted octanol–water partition coefficient (Wildman–Crippen LogP) is 1.35. The van der Waals surface area contributed by atoms with Crippen molar-refractivity contribution >= 4 is 17.5 Å². The fraction of sp³-hybridized carbons (Fsp3) is 0.500. The van der Waals surface area contributed by atoms with E-state index in [0.717, 1.165) is 0 Å². The molecule has 0 saturated carbocycles. The molecule has 0 aliphatic rings. The molecule has 1 unspecified atom stereocenters. The third kappa shape index (κ3) is 4.16. The highest BCUT2D eigenvalue weighted by Gasteiger charge is 2.18. The van der Waals surface area contributed by atoms with Crippen LogP contribution in [0.15, 0.2) is 12.1 Å². The molecule has 0 radical (unpaired) electrons. The Balaban J connectivity index is 2.89. The van der Waals surface area contributed by atoms with Crippen molar-refractivity contribution in [3.8, 4) is 0 Å². The van der Waals surface area contributed by atoms with Crippen LogP contribution in [0, 0.1) is 10.1 Å². The lowest BCUT2D eigenvalue weighted by Crippen LogP contribution is -2.15. The van der Waals surface area contributed by atoms with E-state index >= 15 is 0 Å². The maximum Gasteiger partial charge on any atom is 0.356 e. The molecular weight excluding hydrogens is 266 g/mol. The molecule has 1 heterocycles. The van der Waals surface area contributed by atoms with Gasteiger partial charge in [-0.25, -0.2) is 9.78 Å². The minimum atomic E-state index is -0.670. The maximum absolute atomic E-state index is 11.4. The third-order valence-electron chi connectivity index (χ3n) is 2.71. The van der Waals surface area contributed by atoms with E-state index in [1.54, 1.807) is 0 Å². The van der Waals surface area contributed by atoms with E-state index in [2.05, 4.69) is 15.0 Å². The first-order valence-corrected chi connectivity index (χ1v) is 6.15. The van der Waals surface area contributed by atoms with E-state index in [0.29, 0.717) is 19.4 Å². The lowest BCUT2D eigenvalue weighted by molar-refractivity contribution is -0.384. The third-order valence-corrected chi connectivity index (χ3v) is 2.71. The van der Waals surface area contributed by atoms with Crippen LogP contribution in [0.2, 0.25) is 0 Å². The summed E-state index contributed by atoms with van der Waals surface area (Å²) in [7, 11) is 1.20. The lowest BCUT2D eigenvalue weighted by atomic mass is 10.2. The number of carbonyl (C=O) groups excluding carboxylic acids is 1. The summed E-state index contributed by atoms with van der Waals surface area (Å²) < 4.78 is 4.51. The standard InChI is InChI=1S/C12H17N3O5/c1-3-8(16)6-7-13-11-10(15(18)19)5-4-9(14-11)12(17)20-2/h4-5,8,16H,3,6-7H2,1-2H3,(H,13,14). The van der Waals surface area contributed by atoms with Crippen molar-refractivity contribution in [1.29, 1.82) is 0 Å². The monoisotopic (exact) mass is 283 g/mol. The molecule has 0 fully saturated rings. The quantitative estimate of drug-likeness (QED) is 0.441. The van der Waals surface area contributed by atoms with Gasteiger partial charge in [-0.05, 0) is 18.9 Å². The molecule has 1 aromatic rings. The van der Waals surface area contributed by atoms with Gasteiger partial charge in [0.05, 0.1) is 18.1 Å². The number of pyridine rings is 1. The average Bonchev–Trinajstić information content (AvgIpc) is 2.45. The predicted molar refractivity (Wildman–Crippen MR) is 71.6 cm³/mol. The molecule has 2 N–H and O–H groups in total. The second-order valence-corrected chi connectivity index (χ2v) is 4.09. The highest BCUT2D eigenvalue weighted by atomic mass is 16.6. The fourth-order valence-corrected chi connectivity index (χ4v) is 1.51. The van der Waals surface area contributed by atoms with Gasteiger partial charge in [-0.3, -0.25) is 10.1 Å². The number of ether oxygens (including phenoxy) is 1. The van der Waals surface area contributed by atoms with Gasteiger partial charge in [-0.15, -0.1) is 0 Å². The summed E-state index contributed by atoms with van der Waals surface area (Å²) in [5, 5.41) is 23.1. The summed E-state index contributed by atoms with van der Waals surface area (Å²) in [4.78, 5) is 25.5. The van der Waals surface area contributed by atoms with Crippen LogP contribution < -0.4 is 5.32 Å². The highest BCUT2D eigenvalue weighted by Crippen LogP contribution is 2.22. The molecule has 8 nitrogen and oxygen atoms in total. The normalized spacial score (nSPS) is 11.8. The number of nitro groups is 1. The van der Waals surface area contributed by atoms with Crippen LogP contribution >= 0.6 is 0 Å². The zero-order valence-corrected chi connectivity index (χ0v) is 11.3. The van der Waals surface area contributed by atoms with Crippen LogP contribution in [0.25, 0.3) is 0 Å². The van der Waals surface area contributed by atoms with Gasteiger partial charge in [0.1, 0.15) is 0 Å². The van der Waals surface area contributed by atoms with Gasteiger partial charge >= 0.3 is 11.7 Å². The molecule has 1 atom stereocenters. The number of hydrogen-bond donors (Lipinski definition) is 2. The molecule has 1 aromatic heterocycles. The van der Waals surface area contributed by atoms with E-state index in [1.165, 1.54) is 19.2 Å². The van der Waals surface area contributed by atoms with Crippen molar-refractivity contribution in [3.63, 3.8) is 0 Å². The minimum absolute atomic E-state index is 0.0128. The zero-order chi connectivity index (χ0) is 15.1. The van der Waals surface area contributed by atoms with Gasteiger partial charge < -0.3 is 15.2 Å². The van der Waals surface area contributed by atoms with Crippen molar-refractivity contribution < 1.29 is 19.6 Å². The number of methoxy groups -OCH3 is 1. The first kappa shape index (κ1) is 15.8. The molecular formula is C12H17N3O5. The fourth-order valence-electron chi connectivity index (χ4n) is 1.51.